The third kappa shape index (κ3) is 10.1. The first-order valence-corrected chi connectivity index (χ1v) is 15.5. The lowest BCUT2D eigenvalue weighted by Gasteiger charge is -2.34. The molecule has 0 saturated heterocycles. The van der Waals surface area contributed by atoms with Crippen LogP contribution in [0.3, 0.4) is 0 Å². The molecule has 7 heteroatoms. The molecule has 0 aliphatic carbocycles. The van der Waals surface area contributed by atoms with Crippen LogP contribution >= 0.6 is 11.8 Å². The van der Waals surface area contributed by atoms with E-state index in [0.29, 0.717) is 12.2 Å². The largest absolute Gasteiger partial charge is 0.455 e. The number of nitrogens with zero attached hydrogens (tertiary/aromatic N) is 2. The van der Waals surface area contributed by atoms with Crippen LogP contribution in [0.5, 0.6) is 0 Å². The monoisotopic (exact) mass is 370 g/mol. The van der Waals surface area contributed by atoms with Gasteiger partial charge in [0.1, 0.15) is 10.8 Å². The van der Waals surface area contributed by atoms with Gasteiger partial charge in [-0.15, -0.1) is 11.8 Å². The van der Waals surface area contributed by atoms with Crippen LogP contribution in [0.25, 0.3) is 0 Å². The van der Waals surface area contributed by atoms with Crippen molar-refractivity contribution in [3.63, 3.8) is 0 Å². The van der Waals surface area contributed by atoms with Crippen LogP contribution in [-0.4, -0.2) is 38.1 Å². The van der Waals surface area contributed by atoms with E-state index in [1.165, 1.54) is 0 Å². The summed E-state index contributed by atoms with van der Waals surface area (Å²) in [6, 6.07) is 2.27. The van der Waals surface area contributed by atoms with Gasteiger partial charge in [0.25, 0.3) is 0 Å². The van der Waals surface area contributed by atoms with E-state index in [2.05, 4.69) is 36.2 Å². The van der Waals surface area contributed by atoms with E-state index >= 15 is 0 Å². The van der Waals surface area contributed by atoms with Crippen molar-refractivity contribution >= 4 is 34.2 Å². The Morgan fingerprint density at radius 3 is 2.43 bits per heavy atom. The minimum Gasteiger partial charge on any atom is -0.455 e. The standard InChI is InChI=1S/C16H30N2O2SSi2/c1-15(19)8-6-7-12-22(2,3)20-23(4,5)13-11-21-16-14-17-9-10-18-16/h9-10,14H,6-8,11-13H2,1-5H3. The molecule has 1 aromatic rings. The topological polar surface area (TPSA) is 52.1 Å². The Hall–Kier alpha value is -0.506. The summed E-state index contributed by atoms with van der Waals surface area (Å²) >= 11 is 1.76. The second kappa shape index (κ2) is 9.71. The summed E-state index contributed by atoms with van der Waals surface area (Å²) in [5.74, 6) is 1.33. The first-order valence-electron chi connectivity index (χ1n) is 8.29. The molecule has 0 saturated carbocycles. The molecule has 0 fully saturated rings. The van der Waals surface area contributed by atoms with Crippen molar-refractivity contribution in [2.75, 3.05) is 5.75 Å². The van der Waals surface area contributed by atoms with Gasteiger partial charge in [-0.05, 0) is 57.4 Å². The zero-order valence-corrected chi connectivity index (χ0v) is 17.9. The van der Waals surface area contributed by atoms with Crippen LogP contribution in [0.1, 0.15) is 26.2 Å². The summed E-state index contributed by atoms with van der Waals surface area (Å²) in [6.07, 6.45) is 8.07. The molecule has 0 atom stereocenters. The van der Waals surface area contributed by atoms with E-state index in [1.807, 2.05) is 6.20 Å². The Bertz CT molecular complexity index is 484. The maximum atomic E-state index is 11.0. The summed E-state index contributed by atoms with van der Waals surface area (Å²) in [5, 5.41) is 0.984. The number of aromatic nitrogens is 2. The molecule has 0 aliphatic rings. The molecule has 0 aliphatic heterocycles. The molecule has 0 bridgehead atoms. The Kier molecular flexibility index (Phi) is 8.67. The molecular weight excluding hydrogens is 340 g/mol. The molecule has 0 amide bonds. The molecule has 0 spiro atoms. The fraction of sp³-hybridized carbons (Fsp3) is 0.688. The number of carbonyl (C=O) groups is 1. The molecule has 1 heterocycles. The number of ketones is 1. The van der Waals surface area contributed by atoms with Gasteiger partial charge in [-0.3, -0.25) is 4.98 Å². The van der Waals surface area contributed by atoms with Crippen LogP contribution in [0, 0.1) is 0 Å². The maximum absolute atomic E-state index is 11.0. The first-order chi connectivity index (χ1) is 10.7. The lowest BCUT2D eigenvalue weighted by molar-refractivity contribution is -0.117. The second-order valence-corrected chi connectivity index (χ2v) is 17.1. The Morgan fingerprint density at radius 1 is 1.13 bits per heavy atom. The highest BCUT2D eigenvalue weighted by atomic mass is 32.2. The SMILES string of the molecule is CC(=O)CCCC[Si](C)(C)O[Si](C)(C)CCSc1cnccn1. The maximum Gasteiger partial charge on any atom is 0.174 e. The summed E-state index contributed by atoms with van der Waals surface area (Å²) in [5.41, 5.74) is 0. The lowest BCUT2D eigenvalue weighted by atomic mass is 10.2. The van der Waals surface area contributed by atoms with Crippen molar-refractivity contribution in [3.05, 3.63) is 18.6 Å². The number of carbonyl (C=O) groups excluding carboxylic acids is 1. The van der Waals surface area contributed by atoms with E-state index in [0.717, 1.165) is 35.7 Å². The first kappa shape index (κ1) is 20.5. The zero-order chi connectivity index (χ0) is 17.3. The van der Waals surface area contributed by atoms with Crippen molar-refractivity contribution < 1.29 is 8.91 Å². The summed E-state index contributed by atoms with van der Waals surface area (Å²) in [6.45, 7) is 10.9. The molecular formula is C16H30N2O2SSi2. The Morgan fingerprint density at radius 2 is 1.83 bits per heavy atom. The molecule has 23 heavy (non-hydrogen) atoms. The lowest BCUT2D eigenvalue weighted by Crippen LogP contribution is -2.44. The zero-order valence-electron chi connectivity index (χ0n) is 15.1. The summed E-state index contributed by atoms with van der Waals surface area (Å²) in [4.78, 5) is 19.4. The minimum absolute atomic E-state index is 0.293. The molecule has 0 aromatic carbocycles. The van der Waals surface area contributed by atoms with Crippen LogP contribution in [-0.2, 0) is 8.91 Å². The average molecular weight is 371 g/mol. The summed E-state index contributed by atoms with van der Waals surface area (Å²) < 4.78 is 6.61. The third-order valence-electron chi connectivity index (χ3n) is 3.60. The third-order valence-corrected chi connectivity index (χ3v) is 12.3. The average Bonchev–Trinajstić information content (AvgIpc) is 2.43. The van der Waals surface area contributed by atoms with E-state index in [1.54, 1.807) is 31.1 Å². The second-order valence-electron chi connectivity index (χ2n) is 7.17. The number of hydrogen-bond donors (Lipinski definition) is 0. The van der Waals surface area contributed by atoms with Gasteiger partial charge in [0, 0.05) is 18.8 Å². The Labute approximate surface area is 147 Å². The quantitative estimate of drug-likeness (QED) is 0.319. The van der Waals surface area contributed by atoms with Crippen LogP contribution < -0.4 is 0 Å². The van der Waals surface area contributed by atoms with Crippen LogP contribution in [0.15, 0.2) is 23.6 Å². The molecule has 4 nitrogen and oxygen atoms in total. The highest BCUT2D eigenvalue weighted by Crippen LogP contribution is 2.26. The number of hydrogen-bond acceptors (Lipinski definition) is 5. The van der Waals surface area contributed by atoms with Crippen LogP contribution in [0.2, 0.25) is 38.3 Å². The van der Waals surface area contributed by atoms with Gasteiger partial charge in [0.15, 0.2) is 16.6 Å². The normalized spacial score (nSPS) is 12.4. The van der Waals surface area contributed by atoms with E-state index in [9.17, 15) is 4.79 Å². The molecule has 0 unspecified atom stereocenters. The molecule has 0 radical (unpaired) electrons. The number of rotatable bonds is 11. The van der Waals surface area contributed by atoms with Crippen molar-refractivity contribution in [2.24, 2.45) is 0 Å². The minimum atomic E-state index is -1.65. The fourth-order valence-corrected chi connectivity index (χ4v) is 13.3. The number of unbranched alkanes of at least 4 members (excludes halogenated alkanes) is 1. The van der Waals surface area contributed by atoms with Gasteiger partial charge in [-0.2, -0.15) is 0 Å². The van der Waals surface area contributed by atoms with Crippen LogP contribution in [0.4, 0.5) is 0 Å². The van der Waals surface area contributed by atoms with Gasteiger partial charge in [-0.1, -0.05) is 6.42 Å². The van der Waals surface area contributed by atoms with E-state index in [-0.39, 0.29) is 0 Å². The molecule has 1 rings (SSSR count). The van der Waals surface area contributed by atoms with Crippen molar-refractivity contribution in [3.8, 4) is 0 Å². The molecule has 0 N–H and O–H groups in total. The molecule has 130 valence electrons. The van der Waals surface area contributed by atoms with Gasteiger partial charge < -0.3 is 8.91 Å². The van der Waals surface area contributed by atoms with Gasteiger partial charge in [0.2, 0.25) is 0 Å². The fourth-order valence-electron chi connectivity index (χ4n) is 2.54. The van der Waals surface area contributed by atoms with Crippen molar-refractivity contribution in [1.29, 1.82) is 0 Å². The van der Waals surface area contributed by atoms with Gasteiger partial charge in [0.05, 0.1) is 6.20 Å². The van der Waals surface area contributed by atoms with E-state index in [4.69, 9.17) is 4.12 Å². The highest BCUT2D eigenvalue weighted by molar-refractivity contribution is 7.99. The van der Waals surface area contributed by atoms with Gasteiger partial charge in [-0.25, -0.2) is 4.98 Å². The highest BCUT2D eigenvalue weighted by Gasteiger charge is 2.32. The van der Waals surface area contributed by atoms with Crippen molar-refractivity contribution in [1.82, 2.24) is 9.97 Å². The Balaban J connectivity index is 2.32. The van der Waals surface area contributed by atoms with Gasteiger partial charge >= 0.3 is 0 Å². The van der Waals surface area contributed by atoms with E-state index < -0.39 is 16.6 Å². The van der Waals surface area contributed by atoms with Crippen molar-refractivity contribution in [2.45, 2.75) is 69.5 Å². The molecule has 1 aromatic heterocycles. The smallest absolute Gasteiger partial charge is 0.174 e. The number of Topliss-reactive ketones (excluding diaryl/α,β-unsaturated/α-hetero) is 1. The predicted molar refractivity (Wildman–Crippen MR) is 103 cm³/mol. The summed E-state index contributed by atoms with van der Waals surface area (Å²) in [7, 11) is -3.28. The predicted octanol–water partition coefficient (Wildman–Crippen LogP) is 4.75. The number of thioether (sulfide) groups is 1.